The van der Waals surface area contributed by atoms with Crippen molar-refractivity contribution in [2.24, 2.45) is 46.8 Å². The van der Waals surface area contributed by atoms with Crippen molar-refractivity contribution in [2.45, 2.75) is 38.0 Å². The van der Waals surface area contributed by atoms with Crippen molar-refractivity contribution in [2.75, 3.05) is 18.5 Å². The van der Waals surface area contributed by atoms with E-state index in [1.807, 2.05) is 54.1 Å². The Balaban J connectivity index is 0.713. The van der Waals surface area contributed by atoms with Crippen LogP contribution in [0, 0.1) is 46.8 Å². The van der Waals surface area contributed by atoms with Crippen LogP contribution in [0.15, 0.2) is 83.9 Å². The van der Waals surface area contributed by atoms with Crippen LogP contribution in [0.3, 0.4) is 0 Å². The predicted octanol–water partition coefficient (Wildman–Crippen LogP) is 6.82. The maximum atomic E-state index is 13.1. The molecule has 3 aromatic rings. The van der Waals surface area contributed by atoms with Gasteiger partial charge in [0.25, 0.3) is 0 Å². The second-order valence-electron chi connectivity index (χ2n) is 14.8. The molecule has 2 amide bonds. The molecule has 0 bridgehead atoms. The van der Waals surface area contributed by atoms with Gasteiger partial charge in [0, 0.05) is 23.6 Å². The van der Waals surface area contributed by atoms with Gasteiger partial charge in [0.1, 0.15) is 6.61 Å². The Hall–Kier alpha value is -3.97. The lowest BCUT2D eigenvalue weighted by atomic mass is 9.14. The highest BCUT2D eigenvalue weighted by Gasteiger charge is 2.87. The third-order valence-corrected chi connectivity index (χ3v) is 13.5. The molecule has 6 nitrogen and oxygen atoms in total. The van der Waals surface area contributed by atoms with Gasteiger partial charge in [-0.05, 0) is 119 Å². The standard InChI is InChI=1S/C39H37N3O3S/c43-31(40-19-39-34-28-15-13-26(28)32(34)36(39)33-27-14-16-29(27)35(33)39)17-20-9-11-21(12-10-20)41-37(46)42-38(44)45-18-30-24-7-3-1-5-22(24)23-6-2-4-8-25(23)30/h1-12,26,28,30,32-36H,13-19H2,(H,40,43)(H2,41,42,44,46). The van der Waals surface area contributed by atoms with Crippen LogP contribution in [0.25, 0.3) is 11.1 Å². The number of anilines is 1. The molecule has 3 N–H and O–H groups in total. The van der Waals surface area contributed by atoms with Crippen LogP contribution in [0.5, 0.6) is 0 Å². The lowest BCUT2D eigenvalue weighted by Crippen LogP contribution is -2.88. The molecule has 7 aliphatic rings. The molecule has 8 atom stereocenters. The van der Waals surface area contributed by atoms with Crippen molar-refractivity contribution < 1.29 is 14.3 Å². The number of fused-ring (bicyclic) bond motifs is 15. The van der Waals surface area contributed by atoms with E-state index in [1.165, 1.54) is 36.8 Å². The summed E-state index contributed by atoms with van der Waals surface area (Å²) in [6, 6.07) is 24.2. The van der Waals surface area contributed by atoms with E-state index >= 15 is 0 Å². The first-order chi connectivity index (χ1) is 22.5. The predicted molar refractivity (Wildman–Crippen MR) is 180 cm³/mol. The van der Waals surface area contributed by atoms with Crippen LogP contribution >= 0.6 is 12.2 Å². The molecule has 0 spiro atoms. The number of hydrogen-bond acceptors (Lipinski definition) is 4. The molecule has 0 radical (unpaired) electrons. The minimum absolute atomic E-state index is 0.0127. The van der Waals surface area contributed by atoms with Crippen molar-refractivity contribution in [1.82, 2.24) is 10.6 Å². The Morgan fingerprint density at radius 2 is 1.54 bits per heavy atom. The van der Waals surface area contributed by atoms with Gasteiger partial charge in [0.15, 0.2) is 5.11 Å². The third-order valence-electron chi connectivity index (χ3n) is 13.3. The van der Waals surface area contributed by atoms with Gasteiger partial charge in [-0.15, -0.1) is 0 Å². The number of rotatable bonds is 7. The molecule has 46 heavy (non-hydrogen) atoms. The average molecular weight is 628 g/mol. The Labute approximate surface area is 274 Å². The molecule has 4 fully saturated rings. The normalized spacial score (nSPS) is 32.7. The minimum Gasteiger partial charge on any atom is -0.448 e. The molecule has 7 aliphatic carbocycles. The number of alkyl carbamates (subject to hydrolysis) is 1. The van der Waals surface area contributed by atoms with Crippen LogP contribution < -0.4 is 16.0 Å². The van der Waals surface area contributed by atoms with Crippen molar-refractivity contribution in [3.63, 3.8) is 0 Å². The molecule has 0 saturated heterocycles. The van der Waals surface area contributed by atoms with Crippen LogP contribution in [-0.2, 0) is 16.0 Å². The van der Waals surface area contributed by atoms with Gasteiger partial charge in [-0.2, -0.15) is 0 Å². The largest absolute Gasteiger partial charge is 0.448 e. The summed E-state index contributed by atoms with van der Waals surface area (Å²) in [4.78, 5) is 25.8. The number of amides is 2. The molecular formula is C39H37N3O3S. The molecular weight excluding hydrogens is 591 g/mol. The summed E-state index contributed by atoms with van der Waals surface area (Å²) < 4.78 is 5.62. The van der Waals surface area contributed by atoms with E-state index in [4.69, 9.17) is 17.0 Å². The molecule has 0 aromatic heterocycles. The van der Waals surface area contributed by atoms with Crippen molar-refractivity contribution in [3.8, 4) is 11.1 Å². The van der Waals surface area contributed by atoms with Crippen molar-refractivity contribution in [3.05, 3.63) is 101 Å². The number of carbonyl (C=O) groups is 2. The fourth-order valence-electron chi connectivity index (χ4n) is 11.5. The summed E-state index contributed by atoms with van der Waals surface area (Å²) in [6.07, 6.45) is 5.31. The summed E-state index contributed by atoms with van der Waals surface area (Å²) >= 11 is 5.39. The maximum Gasteiger partial charge on any atom is 0.413 e. The monoisotopic (exact) mass is 627 g/mol. The van der Waals surface area contributed by atoms with Crippen LogP contribution in [0.1, 0.15) is 48.3 Å². The average Bonchev–Trinajstić information content (AvgIpc) is 3.35. The van der Waals surface area contributed by atoms with E-state index in [1.54, 1.807) is 5.57 Å². The Bertz CT molecular complexity index is 1820. The van der Waals surface area contributed by atoms with E-state index < -0.39 is 6.09 Å². The van der Waals surface area contributed by atoms with E-state index in [0.29, 0.717) is 11.8 Å². The second-order valence-corrected chi connectivity index (χ2v) is 15.2. The maximum absolute atomic E-state index is 13.1. The van der Waals surface area contributed by atoms with Crippen LogP contribution in [-0.4, -0.2) is 30.3 Å². The Morgan fingerprint density at radius 3 is 2.22 bits per heavy atom. The highest BCUT2D eigenvalue weighted by atomic mass is 32.1. The highest BCUT2D eigenvalue weighted by Crippen LogP contribution is 2.90. The van der Waals surface area contributed by atoms with E-state index in [-0.39, 0.29) is 23.5 Å². The minimum atomic E-state index is -0.591. The summed E-state index contributed by atoms with van der Waals surface area (Å²) in [5.74, 6) is 6.45. The summed E-state index contributed by atoms with van der Waals surface area (Å²) in [6.45, 7) is 1.10. The molecule has 4 saturated carbocycles. The van der Waals surface area contributed by atoms with E-state index in [9.17, 15) is 9.59 Å². The fourth-order valence-corrected chi connectivity index (χ4v) is 11.7. The summed E-state index contributed by atoms with van der Waals surface area (Å²) in [7, 11) is 0. The molecule has 8 unspecified atom stereocenters. The lowest BCUT2D eigenvalue weighted by molar-refractivity contribution is -0.393. The number of ether oxygens (including phenoxy) is 1. The van der Waals surface area contributed by atoms with Gasteiger partial charge in [-0.3, -0.25) is 10.1 Å². The first-order valence-corrected chi connectivity index (χ1v) is 17.4. The Morgan fingerprint density at radius 1 is 0.848 bits per heavy atom. The van der Waals surface area contributed by atoms with Gasteiger partial charge in [-0.1, -0.05) is 71.8 Å². The number of nitrogens with one attached hydrogen (secondary N) is 3. The number of benzene rings is 3. The number of carbonyl (C=O) groups excluding carboxylic acids is 2. The van der Waals surface area contributed by atoms with Crippen molar-refractivity contribution in [1.29, 1.82) is 0 Å². The topological polar surface area (TPSA) is 79.5 Å². The number of allylic oxidation sites excluding steroid dienone is 2. The van der Waals surface area contributed by atoms with Gasteiger partial charge in [0.05, 0.1) is 6.42 Å². The first-order valence-electron chi connectivity index (χ1n) is 17.0. The second kappa shape index (κ2) is 9.77. The SMILES string of the molecule is O=C(Cc1ccc(NC(=S)NC(=O)OCC2c3ccccc3-c3ccccc32)cc1)NCC12C3C4=C(CC4)C3C1C1C3CCC3C12. The van der Waals surface area contributed by atoms with Gasteiger partial charge in [0.2, 0.25) is 5.91 Å². The number of hydrogen-bond donors (Lipinski definition) is 3. The zero-order valence-corrected chi connectivity index (χ0v) is 26.4. The first kappa shape index (κ1) is 27.2. The highest BCUT2D eigenvalue weighted by molar-refractivity contribution is 7.80. The summed E-state index contributed by atoms with van der Waals surface area (Å²) in [5.41, 5.74) is 10.4. The van der Waals surface area contributed by atoms with Crippen molar-refractivity contribution >= 4 is 35.0 Å². The molecule has 3 aromatic carbocycles. The Kier molecular flexibility index (Phi) is 5.77. The summed E-state index contributed by atoms with van der Waals surface area (Å²) in [5, 5.41) is 9.25. The smallest absolute Gasteiger partial charge is 0.413 e. The van der Waals surface area contributed by atoms with E-state index in [2.05, 4.69) is 40.2 Å². The van der Waals surface area contributed by atoms with Gasteiger partial charge >= 0.3 is 6.09 Å². The van der Waals surface area contributed by atoms with Gasteiger partial charge < -0.3 is 15.4 Å². The third kappa shape index (κ3) is 3.55. The lowest BCUT2D eigenvalue weighted by Gasteiger charge is -2.90. The molecule has 232 valence electrons. The quantitative estimate of drug-likeness (QED) is 0.152. The molecule has 10 rings (SSSR count). The van der Waals surface area contributed by atoms with Crippen LogP contribution in [0.2, 0.25) is 0 Å². The molecule has 0 heterocycles. The van der Waals surface area contributed by atoms with Gasteiger partial charge in [-0.25, -0.2) is 4.79 Å². The zero-order valence-electron chi connectivity index (χ0n) is 25.6. The van der Waals surface area contributed by atoms with E-state index in [0.717, 1.165) is 70.3 Å². The number of thiocarbonyl (C=S) groups is 1. The van der Waals surface area contributed by atoms with Crippen LogP contribution in [0.4, 0.5) is 10.5 Å². The zero-order chi connectivity index (χ0) is 30.7. The molecule has 7 heteroatoms. The molecule has 0 aliphatic heterocycles. The fraction of sp³-hybridized carbons (Fsp3) is 0.410.